The highest BCUT2D eigenvalue weighted by atomic mass is 16.2. The molecular formula is C28H26N2O2. The summed E-state index contributed by atoms with van der Waals surface area (Å²) in [6, 6.07) is 24.0. The Kier molecular flexibility index (Phi) is 4.60. The van der Waals surface area contributed by atoms with Crippen LogP contribution in [-0.4, -0.2) is 9.36 Å². The molecule has 2 unspecified atom stereocenters. The highest BCUT2D eigenvalue weighted by molar-refractivity contribution is 5.82. The maximum atomic E-state index is 14.0. The van der Waals surface area contributed by atoms with E-state index in [-0.39, 0.29) is 23.2 Å². The molecule has 4 nitrogen and oxygen atoms in total. The van der Waals surface area contributed by atoms with Crippen molar-refractivity contribution in [3.05, 3.63) is 116 Å². The Morgan fingerprint density at radius 1 is 0.594 bits per heavy atom. The molecule has 0 fully saturated rings. The van der Waals surface area contributed by atoms with Crippen molar-refractivity contribution < 1.29 is 0 Å². The van der Waals surface area contributed by atoms with E-state index in [1.807, 2.05) is 48.5 Å². The first kappa shape index (κ1) is 19.3. The molecule has 0 amide bonds. The SMILES string of the molecule is O=c1c2cc3c(cc2c(=O)n2n1C(c1ccccc1)CCC2c1ccccc1)CCCC3. The molecule has 0 radical (unpaired) electrons. The summed E-state index contributed by atoms with van der Waals surface area (Å²) >= 11 is 0. The van der Waals surface area contributed by atoms with Crippen molar-refractivity contribution in [3.63, 3.8) is 0 Å². The number of aromatic nitrogens is 2. The van der Waals surface area contributed by atoms with Crippen LogP contribution in [0.3, 0.4) is 0 Å². The van der Waals surface area contributed by atoms with Crippen molar-refractivity contribution in [1.82, 2.24) is 9.36 Å². The molecule has 6 rings (SSSR count). The summed E-state index contributed by atoms with van der Waals surface area (Å²) in [5.74, 6) is 0. The molecule has 32 heavy (non-hydrogen) atoms. The molecule has 0 N–H and O–H groups in total. The van der Waals surface area contributed by atoms with Crippen LogP contribution in [0.2, 0.25) is 0 Å². The minimum Gasteiger partial charge on any atom is -0.267 e. The summed E-state index contributed by atoms with van der Waals surface area (Å²) < 4.78 is 3.52. The van der Waals surface area contributed by atoms with Crippen LogP contribution in [0.25, 0.3) is 10.8 Å². The normalized spacial score (nSPS) is 20.0. The molecule has 2 aliphatic rings. The predicted octanol–water partition coefficient (Wildman–Crippen LogP) is 5.01. The van der Waals surface area contributed by atoms with Gasteiger partial charge >= 0.3 is 0 Å². The molecule has 0 bridgehead atoms. The van der Waals surface area contributed by atoms with Crippen LogP contribution >= 0.6 is 0 Å². The minimum absolute atomic E-state index is 0.0533. The zero-order valence-corrected chi connectivity index (χ0v) is 18.0. The molecule has 4 heteroatoms. The van der Waals surface area contributed by atoms with Crippen molar-refractivity contribution in [2.45, 2.75) is 50.6 Å². The molecular weight excluding hydrogens is 396 g/mol. The Labute approximate surface area is 186 Å². The molecule has 1 aromatic heterocycles. The first-order valence-electron chi connectivity index (χ1n) is 11.6. The fourth-order valence-corrected chi connectivity index (χ4v) is 5.69. The van der Waals surface area contributed by atoms with Crippen LogP contribution in [-0.2, 0) is 12.8 Å². The zero-order chi connectivity index (χ0) is 21.7. The van der Waals surface area contributed by atoms with Gasteiger partial charge in [0.15, 0.2) is 0 Å². The van der Waals surface area contributed by atoms with E-state index in [0.29, 0.717) is 10.8 Å². The third-order valence-corrected chi connectivity index (χ3v) is 7.26. The van der Waals surface area contributed by atoms with E-state index in [4.69, 9.17) is 0 Å². The van der Waals surface area contributed by atoms with Gasteiger partial charge in [0.05, 0.1) is 22.9 Å². The molecule has 4 aromatic rings. The van der Waals surface area contributed by atoms with Crippen molar-refractivity contribution in [2.75, 3.05) is 0 Å². The van der Waals surface area contributed by atoms with E-state index in [9.17, 15) is 9.59 Å². The van der Waals surface area contributed by atoms with Crippen molar-refractivity contribution in [3.8, 4) is 0 Å². The van der Waals surface area contributed by atoms with Gasteiger partial charge in [-0.3, -0.25) is 9.59 Å². The van der Waals surface area contributed by atoms with Gasteiger partial charge in [0, 0.05) is 0 Å². The van der Waals surface area contributed by atoms with Crippen molar-refractivity contribution in [1.29, 1.82) is 0 Å². The van der Waals surface area contributed by atoms with E-state index < -0.39 is 0 Å². The molecule has 0 saturated carbocycles. The molecule has 0 saturated heterocycles. The third kappa shape index (κ3) is 2.97. The average Bonchev–Trinajstić information content (AvgIpc) is 2.86. The fraction of sp³-hybridized carbons (Fsp3) is 0.286. The summed E-state index contributed by atoms with van der Waals surface area (Å²) in [4.78, 5) is 27.9. The summed E-state index contributed by atoms with van der Waals surface area (Å²) in [7, 11) is 0. The van der Waals surface area contributed by atoms with Gasteiger partial charge < -0.3 is 0 Å². The summed E-state index contributed by atoms with van der Waals surface area (Å²) in [6.45, 7) is 0. The van der Waals surface area contributed by atoms with E-state index in [1.165, 1.54) is 11.1 Å². The van der Waals surface area contributed by atoms with E-state index >= 15 is 0 Å². The van der Waals surface area contributed by atoms with Gasteiger partial charge in [0.2, 0.25) is 0 Å². The van der Waals surface area contributed by atoms with Crippen molar-refractivity contribution >= 4 is 10.8 Å². The largest absolute Gasteiger partial charge is 0.273 e. The highest BCUT2D eigenvalue weighted by Crippen LogP contribution is 2.35. The number of nitrogens with zero attached hydrogens (tertiary/aromatic N) is 2. The van der Waals surface area contributed by atoms with Gasteiger partial charge in [-0.25, -0.2) is 9.36 Å². The van der Waals surface area contributed by atoms with Gasteiger partial charge in [-0.05, 0) is 72.9 Å². The fourth-order valence-electron chi connectivity index (χ4n) is 5.69. The number of benzene rings is 3. The first-order chi connectivity index (χ1) is 15.7. The highest BCUT2D eigenvalue weighted by Gasteiger charge is 2.32. The second kappa shape index (κ2) is 7.63. The van der Waals surface area contributed by atoms with E-state index in [0.717, 1.165) is 49.7 Å². The number of fused-ring (bicyclic) bond motifs is 3. The van der Waals surface area contributed by atoms with Gasteiger partial charge in [0.25, 0.3) is 11.1 Å². The number of aryl methyl sites for hydroxylation is 2. The Hall–Kier alpha value is -3.40. The van der Waals surface area contributed by atoms with Crippen LogP contribution in [0.4, 0.5) is 0 Å². The van der Waals surface area contributed by atoms with Crippen molar-refractivity contribution in [2.24, 2.45) is 0 Å². The quantitative estimate of drug-likeness (QED) is 0.456. The topological polar surface area (TPSA) is 44.0 Å². The lowest BCUT2D eigenvalue weighted by Crippen LogP contribution is -2.46. The van der Waals surface area contributed by atoms with Gasteiger partial charge in [-0.15, -0.1) is 0 Å². The molecule has 1 aliphatic heterocycles. The first-order valence-corrected chi connectivity index (χ1v) is 11.6. The number of hydrogen-bond donors (Lipinski definition) is 0. The van der Waals surface area contributed by atoms with E-state index in [1.54, 1.807) is 9.36 Å². The standard InChI is InChI=1S/C28H26N2O2/c31-27-23-17-21-13-7-8-14-22(21)18-24(23)28(32)30-26(20-11-5-2-6-12-20)16-15-25(29(27)30)19-9-3-1-4-10-19/h1-6,9-12,17-18,25-26H,7-8,13-16H2. The van der Waals surface area contributed by atoms with Crippen LogP contribution in [0.5, 0.6) is 0 Å². The lowest BCUT2D eigenvalue weighted by atomic mass is 9.89. The summed E-state index contributed by atoms with van der Waals surface area (Å²) in [5, 5.41) is 1.14. The lowest BCUT2D eigenvalue weighted by Gasteiger charge is -2.35. The van der Waals surface area contributed by atoms with Gasteiger partial charge in [-0.2, -0.15) is 0 Å². The zero-order valence-electron chi connectivity index (χ0n) is 18.0. The second-order valence-corrected chi connectivity index (χ2v) is 9.10. The maximum Gasteiger partial charge on any atom is 0.273 e. The molecule has 0 spiro atoms. The van der Waals surface area contributed by atoms with Gasteiger partial charge in [-0.1, -0.05) is 60.7 Å². The predicted molar refractivity (Wildman–Crippen MR) is 128 cm³/mol. The van der Waals surface area contributed by atoms with Crippen LogP contribution < -0.4 is 11.1 Å². The maximum absolute atomic E-state index is 14.0. The average molecular weight is 423 g/mol. The van der Waals surface area contributed by atoms with Crippen LogP contribution in [0, 0.1) is 0 Å². The second-order valence-electron chi connectivity index (χ2n) is 9.10. The Balaban J connectivity index is 1.68. The molecule has 3 aromatic carbocycles. The summed E-state index contributed by atoms with van der Waals surface area (Å²) in [5.41, 5.74) is 4.51. The minimum atomic E-state index is -0.142. The van der Waals surface area contributed by atoms with Crippen LogP contribution in [0.15, 0.2) is 82.4 Å². The Morgan fingerprint density at radius 3 is 1.41 bits per heavy atom. The summed E-state index contributed by atoms with van der Waals surface area (Å²) in [6.07, 6.45) is 5.91. The number of rotatable bonds is 2. The monoisotopic (exact) mass is 422 g/mol. The molecule has 2 heterocycles. The lowest BCUT2D eigenvalue weighted by molar-refractivity contribution is 0.259. The molecule has 160 valence electrons. The van der Waals surface area contributed by atoms with E-state index in [2.05, 4.69) is 24.3 Å². The molecule has 1 aliphatic carbocycles. The Morgan fingerprint density at radius 2 is 1.00 bits per heavy atom. The third-order valence-electron chi connectivity index (χ3n) is 7.26. The molecule has 2 atom stereocenters. The smallest absolute Gasteiger partial charge is 0.267 e. The van der Waals surface area contributed by atoms with Gasteiger partial charge in [0.1, 0.15) is 0 Å². The van der Waals surface area contributed by atoms with Crippen LogP contribution in [0.1, 0.15) is 60.0 Å². The Bertz CT molecular complexity index is 1310. The number of hydrogen-bond acceptors (Lipinski definition) is 2.